The first-order valence-electron chi connectivity index (χ1n) is 10.5. The number of carbonyl (C=O) groups is 6. The number of carboxylic acids is 1. The summed E-state index contributed by atoms with van der Waals surface area (Å²) in [7, 11) is 0. The molecule has 11 N–H and O–H groups in total. The molecule has 0 aromatic heterocycles. The normalized spacial score (nSPS) is 14.0. The summed E-state index contributed by atoms with van der Waals surface area (Å²) in [5, 5.41) is 25.7. The molecule has 0 radical (unpaired) electrons. The first-order valence-corrected chi connectivity index (χ1v) is 10.5. The molecule has 35 heavy (non-hydrogen) atoms. The Labute approximate surface area is 200 Å². The van der Waals surface area contributed by atoms with Crippen LogP contribution in [-0.4, -0.2) is 69.9 Å². The van der Waals surface area contributed by atoms with Gasteiger partial charge >= 0.3 is 5.97 Å². The zero-order chi connectivity index (χ0) is 26.7. The van der Waals surface area contributed by atoms with E-state index >= 15 is 0 Å². The van der Waals surface area contributed by atoms with E-state index < -0.39 is 66.1 Å². The second-order valence-corrected chi connectivity index (χ2v) is 7.84. The summed E-state index contributed by atoms with van der Waals surface area (Å²) in [6.07, 6.45) is -1.07. The van der Waals surface area contributed by atoms with Crippen molar-refractivity contribution in [2.45, 2.75) is 56.8 Å². The van der Waals surface area contributed by atoms with Crippen LogP contribution >= 0.6 is 0 Å². The Hall–Kier alpha value is -4.20. The lowest BCUT2D eigenvalue weighted by molar-refractivity contribution is -0.142. The van der Waals surface area contributed by atoms with E-state index in [0.717, 1.165) is 0 Å². The van der Waals surface area contributed by atoms with Crippen LogP contribution < -0.4 is 33.2 Å². The van der Waals surface area contributed by atoms with Crippen LogP contribution in [-0.2, 0) is 35.2 Å². The molecule has 4 atom stereocenters. The molecule has 0 heterocycles. The molecule has 0 bridgehead atoms. The third-order valence-electron chi connectivity index (χ3n) is 4.81. The molecule has 0 aliphatic rings. The predicted octanol–water partition coefficient (Wildman–Crippen LogP) is -3.04. The van der Waals surface area contributed by atoms with Gasteiger partial charge in [0.2, 0.25) is 29.5 Å². The Kier molecular flexibility index (Phi) is 11.1. The van der Waals surface area contributed by atoms with E-state index in [0.29, 0.717) is 5.56 Å². The van der Waals surface area contributed by atoms with Gasteiger partial charge in [0.05, 0.1) is 12.5 Å². The van der Waals surface area contributed by atoms with Crippen LogP contribution in [0.4, 0.5) is 0 Å². The van der Waals surface area contributed by atoms with Gasteiger partial charge < -0.3 is 43.4 Å². The van der Waals surface area contributed by atoms with Crippen molar-refractivity contribution in [1.82, 2.24) is 16.0 Å². The average molecular weight is 495 g/mol. The van der Waals surface area contributed by atoms with Crippen molar-refractivity contribution in [2.24, 2.45) is 17.2 Å². The maximum absolute atomic E-state index is 12.7. The highest BCUT2D eigenvalue weighted by molar-refractivity contribution is 5.95. The summed E-state index contributed by atoms with van der Waals surface area (Å²) < 4.78 is 0. The molecule has 14 nitrogen and oxygen atoms in total. The van der Waals surface area contributed by atoms with Crippen molar-refractivity contribution in [3.63, 3.8) is 0 Å². The molecule has 1 aromatic carbocycles. The summed E-state index contributed by atoms with van der Waals surface area (Å²) in [4.78, 5) is 71.0. The molecule has 1 aromatic rings. The highest BCUT2D eigenvalue weighted by Crippen LogP contribution is 2.11. The Balaban J connectivity index is 2.82. The molecule has 0 spiro atoms. The molecule has 4 unspecified atom stereocenters. The second kappa shape index (κ2) is 13.5. The maximum atomic E-state index is 12.7. The number of primary amides is 2. The van der Waals surface area contributed by atoms with Crippen LogP contribution in [0.2, 0.25) is 0 Å². The summed E-state index contributed by atoms with van der Waals surface area (Å²) in [5.41, 5.74) is 16.2. The molecule has 0 saturated carbocycles. The molecule has 1 rings (SSSR count). The molecular formula is C21H30N6O8. The van der Waals surface area contributed by atoms with Gasteiger partial charge in [0.1, 0.15) is 23.9 Å². The van der Waals surface area contributed by atoms with Gasteiger partial charge in [-0.15, -0.1) is 0 Å². The molecule has 0 fully saturated rings. The maximum Gasteiger partial charge on any atom is 0.326 e. The van der Waals surface area contributed by atoms with Crippen molar-refractivity contribution in [3.05, 3.63) is 29.8 Å². The Morgan fingerprint density at radius 3 is 1.94 bits per heavy atom. The van der Waals surface area contributed by atoms with E-state index in [4.69, 9.17) is 17.2 Å². The van der Waals surface area contributed by atoms with Gasteiger partial charge in [-0.1, -0.05) is 12.1 Å². The molecule has 0 saturated heterocycles. The van der Waals surface area contributed by atoms with Crippen LogP contribution in [0.1, 0.15) is 31.7 Å². The quantitative estimate of drug-likeness (QED) is 0.130. The van der Waals surface area contributed by atoms with E-state index in [1.165, 1.54) is 31.2 Å². The van der Waals surface area contributed by atoms with E-state index in [1.807, 2.05) is 0 Å². The van der Waals surface area contributed by atoms with Gasteiger partial charge in [0, 0.05) is 12.8 Å². The van der Waals surface area contributed by atoms with E-state index in [1.54, 1.807) is 0 Å². The third kappa shape index (κ3) is 10.5. The van der Waals surface area contributed by atoms with Crippen LogP contribution in [0.25, 0.3) is 0 Å². The fraction of sp³-hybridized carbons (Fsp3) is 0.429. The summed E-state index contributed by atoms with van der Waals surface area (Å²) in [6.45, 7) is 1.29. The van der Waals surface area contributed by atoms with Crippen molar-refractivity contribution < 1.29 is 39.0 Å². The second-order valence-electron chi connectivity index (χ2n) is 7.84. The largest absolute Gasteiger partial charge is 0.508 e. The first kappa shape index (κ1) is 28.8. The molecule has 5 amide bonds. The van der Waals surface area contributed by atoms with Gasteiger partial charge in [-0.05, 0) is 31.0 Å². The lowest BCUT2D eigenvalue weighted by atomic mass is 10.1. The number of aromatic hydroxyl groups is 1. The van der Waals surface area contributed by atoms with Crippen LogP contribution in [0.5, 0.6) is 5.75 Å². The molecule has 14 heteroatoms. The monoisotopic (exact) mass is 494 g/mol. The number of hydrogen-bond acceptors (Lipinski definition) is 8. The standard InChI is InChI=1S/C21H30N6O8/c1-10(18(31)27-15(21(34)35)8-11-2-4-12(28)5-3-11)25-20(33)14(6-7-16(23)29)26-19(32)13(22)9-17(24)30/h2-5,10,13-15,28H,6-9,22H2,1H3,(H2,23,29)(H2,24,30)(H,25,33)(H,26,32)(H,27,31)(H,34,35). The zero-order valence-corrected chi connectivity index (χ0v) is 19.0. The third-order valence-corrected chi connectivity index (χ3v) is 4.81. The number of carboxylic acid groups (broad SMARTS) is 1. The van der Waals surface area contributed by atoms with Crippen molar-refractivity contribution in [1.29, 1.82) is 0 Å². The molecule has 0 aliphatic carbocycles. The van der Waals surface area contributed by atoms with Crippen molar-refractivity contribution >= 4 is 35.5 Å². The van der Waals surface area contributed by atoms with Crippen molar-refractivity contribution in [3.8, 4) is 5.75 Å². The molecule has 0 aliphatic heterocycles. The lowest BCUT2D eigenvalue weighted by Gasteiger charge is -2.23. The number of aliphatic carboxylic acids is 1. The number of amides is 5. The van der Waals surface area contributed by atoms with E-state index in [-0.39, 0.29) is 25.0 Å². The zero-order valence-electron chi connectivity index (χ0n) is 19.0. The number of phenols is 1. The minimum absolute atomic E-state index is 0.00504. The SMILES string of the molecule is CC(NC(=O)C(CCC(N)=O)NC(=O)C(N)CC(N)=O)C(=O)NC(Cc1ccc(O)cc1)C(=O)O. The Morgan fingerprint density at radius 2 is 1.43 bits per heavy atom. The smallest absolute Gasteiger partial charge is 0.326 e. The van der Waals surface area contributed by atoms with Crippen molar-refractivity contribution in [2.75, 3.05) is 0 Å². The van der Waals surface area contributed by atoms with E-state index in [9.17, 15) is 39.0 Å². The number of hydrogen-bond donors (Lipinski definition) is 8. The minimum atomic E-state index is -1.34. The molecule has 192 valence electrons. The minimum Gasteiger partial charge on any atom is -0.508 e. The Morgan fingerprint density at radius 1 is 0.857 bits per heavy atom. The van der Waals surface area contributed by atoms with E-state index in [2.05, 4.69) is 16.0 Å². The number of phenolic OH excluding ortho intramolecular Hbond substituents is 1. The highest BCUT2D eigenvalue weighted by atomic mass is 16.4. The lowest BCUT2D eigenvalue weighted by Crippen LogP contribution is -2.56. The number of rotatable bonds is 14. The summed E-state index contributed by atoms with van der Waals surface area (Å²) >= 11 is 0. The number of carbonyl (C=O) groups excluding carboxylic acids is 5. The van der Waals surface area contributed by atoms with Crippen LogP contribution in [0.15, 0.2) is 24.3 Å². The fourth-order valence-electron chi connectivity index (χ4n) is 2.89. The molecular weight excluding hydrogens is 464 g/mol. The topological polar surface area (TPSA) is 257 Å². The van der Waals surface area contributed by atoms with Crippen LogP contribution in [0, 0.1) is 0 Å². The Bertz CT molecular complexity index is 952. The average Bonchev–Trinajstić information content (AvgIpc) is 2.76. The number of benzene rings is 1. The van der Waals surface area contributed by atoms with Gasteiger partial charge in [-0.2, -0.15) is 0 Å². The number of nitrogens with two attached hydrogens (primary N) is 3. The fourth-order valence-corrected chi connectivity index (χ4v) is 2.89. The van der Waals surface area contributed by atoms with Gasteiger partial charge in [0.25, 0.3) is 0 Å². The predicted molar refractivity (Wildman–Crippen MR) is 121 cm³/mol. The van der Waals surface area contributed by atoms with Gasteiger partial charge in [-0.3, -0.25) is 24.0 Å². The van der Waals surface area contributed by atoms with Crippen LogP contribution in [0.3, 0.4) is 0 Å². The van der Waals surface area contributed by atoms with Gasteiger partial charge in [-0.25, -0.2) is 4.79 Å². The van der Waals surface area contributed by atoms with Gasteiger partial charge in [0.15, 0.2) is 0 Å². The number of nitrogens with one attached hydrogen (secondary N) is 3. The first-order chi connectivity index (χ1) is 16.3. The summed E-state index contributed by atoms with van der Waals surface area (Å²) in [6, 6.07) is 0.517. The highest BCUT2D eigenvalue weighted by Gasteiger charge is 2.29. The summed E-state index contributed by atoms with van der Waals surface area (Å²) in [5.74, 6) is -5.48.